The van der Waals surface area contributed by atoms with Crippen LogP contribution in [0.15, 0.2) is 11.6 Å². The first-order valence-corrected chi connectivity index (χ1v) is 4.70. The zero-order valence-corrected chi connectivity index (χ0v) is 8.26. The minimum atomic E-state index is 0.288. The van der Waals surface area contributed by atoms with E-state index in [1.54, 1.807) is 0 Å². The molecule has 1 nitrogen and oxygen atoms in total. The van der Waals surface area contributed by atoms with Gasteiger partial charge in [0.05, 0.1) is 0 Å². The molecule has 68 valence electrons. The second kappa shape index (κ2) is 3.42. The van der Waals surface area contributed by atoms with Crippen molar-refractivity contribution in [1.29, 1.82) is 0 Å². The van der Waals surface area contributed by atoms with E-state index in [0.717, 1.165) is 18.6 Å². The first-order chi connectivity index (χ1) is 5.56. The average Bonchev–Trinajstić information content (AvgIpc) is 1.97. The van der Waals surface area contributed by atoms with Gasteiger partial charge < -0.3 is 4.79 Å². The van der Waals surface area contributed by atoms with Crippen LogP contribution in [0.2, 0.25) is 0 Å². The molecule has 0 bridgehead atoms. The lowest BCUT2D eigenvalue weighted by molar-refractivity contribution is -0.107. The van der Waals surface area contributed by atoms with Crippen molar-refractivity contribution in [2.45, 2.75) is 40.0 Å². The molecule has 1 heteroatoms. The van der Waals surface area contributed by atoms with E-state index < -0.39 is 0 Å². The van der Waals surface area contributed by atoms with Crippen molar-refractivity contribution >= 4 is 6.29 Å². The summed E-state index contributed by atoms with van der Waals surface area (Å²) in [5, 5.41) is 0. The Bertz CT molecular complexity index is 201. The fraction of sp³-hybridized carbons (Fsp3) is 0.727. The molecule has 1 aliphatic carbocycles. The SMILES string of the molecule is C[C@H]1CCC(CC=O)=CC1(C)C. The van der Waals surface area contributed by atoms with Gasteiger partial charge in [-0.2, -0.15) is 0 Å². The van der Waals surface area contributed by atoms with E-state index in [-0.39, 0.29) is 5.41 Å². The molecule has 0 aromatic heterocycles. The maximum atomic E-state index is 10.3. The highest BCUT2D eigenvalue weighted by molar-refractivity contribution is 5.54. The summed E-state index contributed by atoms with van der Waals surface area (Å²) >= 11 is 0. The Labute approximate surface area is 74.9 Å². The summed E-state index contributed by atoms with van der Waals surface area (Å²) in [7, 11) is 0. The number of hydrogen-bond acceptors (Lipinski definition) is 1. The molecule has 0 saturated carbocycles. The summed E-state index contributed by atoms with van der Waals surface area (Å²) in [6.45, 7) is 6.79. The summed E-state index contributed by atoms with van der Waals surface area (Å²) in [6.07, 6.45) is 6.28. The average molecular weight is 166 g/mol. The Morgan fingerprint density at radius 3 is 2.83 bits per heavy atom. The van der Waals surface area contributed by atoms with E-state index in [2.05, 4.69) is 26.8 Å². The lowest BCUT2D eigenvalue weighted by Crippen LogP contribution is -2.23. The number of hydrogen-bond donors (Lipinski definition) is 0. The van der Waals surface area contributed by atoms with Crippen molar-refractivity contribution < 1.29 is 4.79 Å². The third kappa shape index (κ3) is 1.96. The molecule has 1 rings (SSSR count). The van der Waals surface area contributed by atoms with E-state index in [9.17, 15) is 4.79 Å². The molecule has 0 heterocycles. The van der Waals surface area contributed by atoms with Crippen LogP contribution < -0.4 is 0 Å². The Morgan fingerprint density at radius 1 is 1.67 bits per heavy atom. The summed E-state index contributed by atoms with van der Waals surface area (Å²) in [6, 6.07) is 0. The minimum Gasteiger partial charge on any atom is -0.303 e. The van der Waals surface area contributed by atoms with Gasteiger partial charge in [0.1, 0.15) is 6.29 Å². The normalized spacial score (nSPS) is 27.9. The highest BCUT2D eigenvalue weighted by Gasteiger charge is 2.27. The van der Waals surface area contributed by atoms with Crippen LogP contribution in [0, 0.1) is 11.3 Å². The maximum absolute atomic E-state index is 10.3. The molecule has 1 atom stereocenters. The predicted molar refractivity (Wildman–Crippen MR) is 50.9 cm³/mol. The standard InChI is InChI=1S/C11H18O/c1-9-4-5-10(6-7-12)8-11(9,2)3/h7-9H,4-6H2,1-3H3/t9-/m0/s1. The molecule has 0 aromatic rings. The lowest BCUT2D eigenvalue weighted by Gasteiger charge is -2.34. The minimum absolute atomic E-state index is 0.288. The third-order valence-corrected chi connectivity index (χ3v) is 3.09. The van der Waals surface area contributed by atoms with Crippen LogP contribution in [0.5, 0.6) is 0 Å². The lowest BCUT2D eigenvalue weighted by atomic mass is 9.71. The monoisotopic (exact) mass is 166 g/mol. The quantitative estimate of drug-likeness (QED) is 0.455. The van der Waals surface area contributed by atoms with Gasteiger partial charge in [0.15, 0.2) is 0 Å². The second-order valence-corrected chi connectivity index (χ2v) is 4.43. The molecular formula is C11H18O. The van der Waals surface area contributed by atoms with Gasteiger partial charge in [0.25, 0.3) is 0 Å². The number of rotatable bonds is 2. The zero-order chi connectivity index (χ0) is 9.19. The van der Waals surface area contributed by atoms with Gasteiger partial charge in [0, 0.05) is 6.42 Å². The number of carbonyl (C=O) groups excluding carboxylic acids is 1. The summed E-state index contributed by atoms with van der Waals surface area (Å²) in [5.74, 6) is 0.743. The van der Waals surface area contributed by atoms with Crippen LogP contribution in [0.1, 0.15) is 40.0 Å². The summed E-state index contributed by atoms with van der Waals surface area (Å²) < 4.78 is 0. The first-order valence-electron chi connectivity index (χ1n) is 4.70. The molecule has 0 unspecified atom stereocenters. The van der Waals surface area contributed by atoms with Gasteiger partial charge in [-0.15, -0.1) is 0 Å². The molecule has 0 aliphatic heterocycles. The molecule has 0 fully saturated rings. The van der Waals surface area contributed by atoms with Crippen molar-refractivity contribution in [3.8, 4) is 0 Å². The fourth-order valence-electron chi connectivity index (χ4n) is 1.78. The Balaban J connectivity index is 2.74. The maximum Gasteiger partial charge on any atom is 0.124 e. The molecule has 0 saturated heterocycles. The topological polar surface area (TPSA) is 17.1 Å². The molecule has 12 heavy (non-hydrogen) atoms. The Morgan fingerprint density at radius 2 is 2.33 bits per heavy atom. The van der Waals surface area contributed by atoms with E-state index in [4.69, 9.17) is 0 Å². The number of aldehydes is 1. The molecule has 0 aromatic carbocycles. The summed E-state index contributed by atoms with van der Waals surface area (Å²) in [4.78, 5) is 10.3. The van der Waals surface area contributed by atoms with Crippen molar-refractivity contribution in [3.63, 3.8) is 0 Å². The van der Waals surface area contributed by atoms with Crippen LogP contribution in [0.25, 0.3) is 0 Å². The van der Waals surface area contributed by atoms with Crippen LogP contribution in [-0.2, 0) is 4.79 Å². The van der Waals surface area contributed by atoms with E-state index in [1.807, 2.05) is 0 Å². The second-order valence-electron chi connectivity index (χ2n) is 4.43. The molecule has 0 spiro atoms. The van der Waals surface area contributed by atoms with Gasteiger partial charge in [-0.1, -0.05) is 32.4 Å². The molecule has 0 radical (unpaired) electrons. The van der Waals surface area contributed by atoms with Gasteiger partial charge in [-0.05, 0) is 24.2 Å². The number of carbonyl (C=O) groups is 1. The fourth-order valence-corrected chi connectivity index (χ4v) is 1.78. The van der Waals surface area contributed by atoms with Crippen molar-refractivity contribution in [1.82, 2.24) is 0 Å². The Kier molecular flexibility index (Phi) is 2.71. The molecule has 0 N–H and O–H groups in total. The van der Waals surface area contributed by atoms with E-state index >= 15 is 0 Å². The largest absolute Gasteiger partial charge is 0.303 e. The highest BCUT2D eigenvalue weighted by atomic mass is 16.1. The third-order valence-electron chi connectivity index (χ3n) is 3.09. The van der Waals surface area contributed by atoms with Gasteiger partial charge >= 0.3 is 0 Å². The molecular weight excluding hydrogens is 148 g/mol. The van der Waals surface area contributed by atoms with E-state index in [0.29, 0.717) is 6.42 Å². The van der Waals surface area contributed by atoms with Gasteiger partial charge in [0.2, 0.25) is 0 Å². The zero-order valence-electron chi connectivity index (χ0n) is 8.26. The smallest absolute Gasteiger partial charge is 0.124 e. The highest BCUT2D eigenvalue weighted by Crippen LogP contribution is 2.38. The molecule has 0 amide bonds. The van der Waals surface area contributed by atoms with Crippen LogP contribution in [-0.4, -0.2) is 6.29 Å². The van der Waals surface area contributed by atoms with Crippen molar-refractivity contribution in [2.24, 2.45) is 11.3 Å². The van der Waals surface area contributed by atoms with Crippen molar-refractivity contribution in [2.75, 3.05) is 0 Å². The van der Waals surface area contributed by atoms with Crippen LogP contribution >= 0.6 is 0 Å². The summed E-state index contributed by atoms with van der Waals surface area (Å²) in [5.41, 5.74) is 1.62. The first kappa shape index (κ1) is 9.50. The van der Waals surface area contributed by atoms with Crippen LogP contribution in [0.3, 0.4) is 0 Å². The predicted octanol–water partition coefficient (Wildman–Crippen LogP) is 2.96. The van der Waals surface area contributed by atoms with Gasteiger partial charge in [-0.25, -0.2) is 0 Å². The van der Waals surface area contributed by atoms with Crippen molar-refractivity contribution in [3.05, 3.63) is 11.6 Å². The number of allylic oxidation sites excluding steroid dienone is 2. The van der Waals surface area contributed by atoms with E-state index in [1.165, 1.54) is 12.0 Å². The van der Waals surface area contributed by atoms with Crippen LogP contribution in [0.4, 0.5) is 0 Å². The Hall–Kier alpha value is -0.590. The van der Waals surface area contributed by atoms with Gasteiger partial charge in [-0.3, -0.25) is 0 Å². The molecule has 1 aliphatic rings.